The van der Waals surface area contributed by atoms with E-state index in [-0.39, 0.29) is 18.5 Å². The number of anilines is 2. The van der Waals surface area contributed by atoms with Crippen molar-refractivity contribution in [1.29, 1.82) is 0 Å². The van der Waals surface area contributed by atoms with Crippen LogP contribution in [0.2, 0.25) is 5.02 Å². The number of hydrogen-bond donors (Lipinski definition) is 2. The van der Waals surface area contributed by atoms with Gasteiger partial charge in [-0.2, -0.15) is 4.98 Å². The third-order valence-electron chi connectivity index (χ3n) is 4.95. The monoisotopic (exact) mass is 442 g/mol. The first-order valence-corrected chi connectivity index (χ1v) is 10.4. The summed E-state index contributed by atoms with van der Waals surface area (Å²) < 4.78 is 5.38. The van der Waals surface area contributed by atoms with Crippen LogP contribution in [0.3, 0.4) is 0 Å². The molecule has 31 heavy (non-hydrogen) atoms. The van der Waals surface area contributed by atoms with Crippen molar-refractivity contribution in [2.45, 2.75) is 32.9 Å². The molecule has 1 aliphatic rings. The van der Waals surface area contributed by atoms with E-state index < -0.39 is 0 Å². The fourth-order valence-corrected chi connectivity index (χ4v) is 3.28. The summed E-state index contributed by atoms with van der Waals surface area (Å²) in [5.41, 5.74) is 2.79. The molecule has 0 spiro atoms. The molecule has 1 atom stereocenters. The van der Waals surface area contributed by atoms with E-state index in [9.17, 15) is 4.79 Å². The van der Waals surface area contributed by atoms with Gasteiger partial charge >= 0.3 is 0 Å². The van der Waals surface area contributed by atoms with Crippen LogP contribution in [0.25, 0.3) is 0 Å². The van der Waals surface area contributed by atoms with Crippen molar-refractivity contribution >= 4 is 35.6 Å². The van der Waals surface area contributed by atoms with Crippen LogP contribution >= 0.6 is 11.6 Å². The molecule has 164 valence electrons. The number of benzene rings is 1. The zero-order chi connectivity index (χ0) is 22.2. The largest absolute Gasteiger partial charge is 0.379 e. The summed E-state index contributed by atoms with van der Waals surface area (Å²) >= 11 is 6.12. The smallest absolute Gasteiger partial charge is 0.241 e. The molecule has 0 unspecified atom stereocenters. The lowest BCUT2D eigenvalue weighted by atomic mass is 10.1. The Hall–Kier alpha value is -2.97. The van der Waals surface area contributed by atoms with E-state index in [2.05, 4.69) is 32.2 Å². The summed E-state index contributed by atoms with van der Waals surface area (Å²) in [5.74, 6) is 0.971. The number of hydrogen-bond acceptors (Lipinski definition) is 6. The molecule has 9 heteroatoms. The molecule has 0 radical (unpaired) electrons. The van der Waals surface area contributed by atoms with E-state index in [1.54, 1.807) is 17.3 Å². The number of carbonyl (C=O) groups excluding carboxylic acids is 1. The average Bonchev–Trinajstić information content (AvgIpc) is 3.27. The summed E-state index contributed by atoms with van der Waals surface area (Å²) in [7, 11) is 0. The maximum atomic E-state index is 12.2. The van der Waals surface area contributed by atoms with Gasteiger partial charge in [-0.1, -0.05) is 30.3 Å². The molecule has 0 saturated carbocycles. The second-order valence-corrected chi connectivity index (χ2v) is 7.66. The lowest BCUT2D eigenvalue weighted by molar-refractivity contribution is -0.119. The molecule has 2 aromatic rings. The number of carbonyl (C=O) groups is 1. The Morgan fingerprint density at radius 3 is 3.03 bits per heavy atom. The molecule has 2 N–H and O–H groups in total. The molecule has 1 fully saturated rings. The summed E-state index contributed by atoms with van der Waals surface area (Å²) in [4.78, 5) is 27.0. The van der Waals surface area contributed by atoms with E-state index in [1.165, 1.54) is 6.34 Å². The standard InChI is InChI=1S/C22H27ClN6O2/c1-4-29(21-15(2)10-26-22(28-21)27-18-8-9-31-13-18)14-24-12-20(30)25-11-17-6-5-7-19(23)16(17)3/h4-7,10,14,18H,1,8-9,11-13H2,2-3H3,(H,25,30)(H,26,27,28)/t18-/m0/s1. The second kappa shape index (κ2) is 10.9. The summed E-state index contributed by atoms with van der Waals surface area (Å²) in [5, 5.41) is 6.81. The molecule has 1 saturated heterocycles. The Morgan fingerprint density at radius 2 is 2.29 bits per heavy atom. The van der Waals surface area contributed by atoms with Crippen molar-refractivity contribution < 1.29 is 9.53 Å². The molecule has 1 aliphatic heterocycles. The molecule has 1 amide bonds. The fourth-order valence-electron chi connectivity index (χ4n) is 3.09. The van der Waals surface area contributed by atoms with Crippen LogP contribution in [0, 0.1) is 13.8 Å². The number of nitrogens with one attached hydrogen (secondary N) is 2. The van der Waals surface area contributed by atoms with Gasteiger partial charge in [-0.25, -0.2) is 4.98 Å². The summed E-state index contributed by atoms with van der Waals surface area (Å²) in [6.45, 7) is 9.42. The Morgan fingerprint density at radius 1 is 1.45 bits per heavy atom. The van der Waals surface area contributed by atoms with E-state index >= 15 is 0 Å². The number of amides is 1. The molecule has 0 aliphatic carbocycles. The van der Waals surface area contributed by atoms with Gasteiger partial charge in [0.05, 0.1) is 19.0 Å². The average molecular weight is 443 g/mol. The Labute approximate surface area is 187 Å². The van der Waals surface area contributed by atoms with Crippen molar-refractivity contribution in [2.24, 2.45) is 4.99 Å². The third kappa shape index (κ3) is 6.26. The molecule has 3 rings (SSSR count). The fraction of sp³-hybridized carbons (Fsp3) is 0.364. The molecule has 1 aromatic carbocycles. The zero-order valence-electron chi connectivity index (χ0n) is 17.8. The Balaban J connectivity index is 1.57. The zero-order valence-corrected chi connectivity index (χ0v) is 18.5. The van der Waals surface area contributed by atoms with Gasteiger partial charge in [-0.3, -0.25) is 14.7 Å². The van der Waals surface area contributed by atoms with Crippen molar-refractivity contribution in [3.63, 3.8) is 0 Å². The number of halogens is 1. The summed E-state index contributed by atoms with van der Waals surface area (Å²) in [6, 6.07) is 5.83. The lowest BCUT2D eigenvalue weighted by Crippen LogP contribution is -2.26. The molecule has 1 aromatic heterocycles. The van der Waals surface area contributed by atoms with Gasteiger partial charge in [0.1, 0.15) is 12.4 Å². The van der Waals surface area contributed by atoms with E-state index in [0.717, 1.165) is 29.7 Å². The van der Waals surface area contributed by atoms with E-state index in [1.807, 2.05) is 32.0 Å². The minimum atomic E-state index is -0.192. The minimum absolute atomic E-state index is 0.0153. The number of nitrogens with zero attached hydrogens (tertiary/aromatic N) is 4. The molecule has 0 bridgehead atoms. The van der Waals surface area contributed by atoms with Crippen LogP contribution in [0.5, 0.6) is 0 Å². The molecule has 2 heterocycles. The highest BCUT2D eigenvalue weighted by Crippen LogP contribution is 2.19. The first-order chi connectivity index (χ1) is 15.0. The maximum absolute atomic E-state index is 12.2. The number of aryl methyl sites for hydroxylation is 1. The summed E-state index contributed by atoms with van der Waals surface area (Å²) in [6.07, 6.45) is 5.79. The second-order valence-electron chi connectivity index (χ2n) is 7.25. The topological polar surface area (TPSA) is 91.7 Å². The minimum Gasteiger partial charge on any atom is -0.379 e. The first-order valence-electron chi connectivity index (χ1n) is 10.1. The van der Waals surface area contributed by atoms with Gasteiger partial charge < -0.3 is 15.4 Å². The number of aliphatic imine (C=N–C) groups is 1. The number of aromatic nitrogens is 2. The third-order valence-corrected chi connectivity index (χ3v) is 5.36. The molecule has 8 nitrogen and oxygen atoms in total. The predicted molar refractivity (Wildman–Crippen MR) is 124 cm³/mol. The Bertz CT molecular complexity index is 959. The van der Waals surface area contributed by atoms with Crippen molar-refractivity contribution in [1.82, 2.24) is 15.3 Å². The van der Waals surface area contributed by atoms with Crippen LogP contribution in [0.4, 0.5) is 11.8 Å². The van der Waals surface area contributed by atoms with Gasteiger partial charge in [0.2, 0.25) is 11.9 Å². The highest BCUT2D eigenvalue weighted by atomic mass is 35.5. The number of ether oxygens (including phenoxy) is 1. The normalized spacial score (nSPS) is 15.8. The number of rotatable bonds is 9. The predicted octanol–water partition coefficient (Wildman–Crippen LogP) is 3.24. The van der Waals surface area contributed by atoms with Gasteiger partial charge in [-0.15, -0.1) is 0 Å². The van der Waals surface area contributed by atoms with Gasteiger partial charge in [-0.05, 0) is 37.5 Å². The maximum Gasteiger partial charge on any atom is 0.241 e. The van der Waals surface area contributed by atoms with Crippen LogP contribution in [0.15, 0.2) is 42.2 Å². The molecular weight excluding hydrogens is 416 g/mol. The van der Waals surface area contributed by atoms with Crippen LogP contribution in [0.1, 0.15) is 23.1 Å². The van der Waals surface area contributed by atoms with Crippen molar-refractivity contribution in [2.75, 3.05) is 30.0 Å². The lowest BCUT2D eigenvalue weighted by Gasteiger charge is -2.17. The van der Waals surface area contributed by atoms with Crippen LogP contribution in [-0.2, 0) is 16.1 Å². The van der Waals surface area contributed by atoms with Gasteiger partial charge in [0.25, 0.3) is 0 Å². The highest BCUT2D eigenvalue weighted by molar-refractivity contribution is 6.31. The van der Waals surface area contributed by atoms with E-state index in [0.29, 0.717) is 29.9 Å². The highest BCUT2D eigenvalue weighted by Gasteiger charge is 2.17. The van der Waals surface area contributed by atoms with Crippen molar-refractivity contribution in [3.8, 4) is 0 Å². The van der Waals surface area contributed by atoms with Gasteiger partial charge in [0, 0.05) is 36.1 Å². The Kier molecular flexibility index (Phi) is 7.97. The van der Waals surface area contributed by atoms with Gasteiger partial charge in [0.15, 0.2) is 0 Å². The first kappa shape index (κ1) is 22.7. The van der Waals surface area contributed by atoms with Crippen LogP contribution in [-0.4, -0.2) is 48.0 Å². The SMILES string of the molecule is C=CN(C=NCC(=O)NCc1cccc(Cl)c1C)c1nc(N[C@H]2CCOC2)ncc1C. The van der Waals surface area contributed by atoms with E-state index in [4.69, 9.17) is 16.3 Å². The molecular formula is C22H27ClN6O2. The van der Waals surface area contributed by atoms with Crippen molar-refractivity contribution in [3.05, 3.63) is 58.9 Å². The van der Waals surface area contributed by atoms with Crippen LogP contribution < -0.4 is 15.5 Å². The quantitative estimate of drug-likeness (QED) is 0.457.